The summed E-state index contributed by atoms with van der Waals surface area (Å²) in [6, 6.07) is 0. The average molecular weight is 419 g/mol. The van der Waals surface area contributed by atoms with Gasteiger partial charge in [-0.25, -0.2) is 9.59 Å². The zero-order chi connectivity index (χ0) is 22.7. The molecule has 1 aliphatic heterocycles. The van der Waals surface area contributed by atoms with Gasteiger partial charge in [0.05, 0.1) is 33.2 Å². The third-order valence-electron chi connectivity index (χ3n) is 2.61. The summed E-state index contributed by atoms with van der Waals surface area (Å²) in [4.78, 5) is 34.6. The fraction of sp³-hybridized carbons (Fsp3) is 0.588. The van der Waals surface area contributed by atoms with Gasteiger partial charge in [-0.15, -0.1) is 0 Å². The Morgan fingerprint density at radius 3 is 1.93 bits per heavy atom. The Bertz CT molecular complexity index is 581. The van der Waals surface area contributed by atoms with Crippen molar-refractivity contribution in [2.45, 2.75) is 20.8 Å². The van der Waals surface area contributed by atoms with Crippen LogP contribution in [0.3, 0.4) is 0 Å². The Balaban J connectivity index is 0. The summed E-state index contributed by atoms with van der Waals surface area (Å²) >= 11 is 0. The molecule has 1 rings (SSSR count). The second kappa shape index (κ2) is 18.1. The maximum atomic E-state index is 10.5. The Hall–Kier alpha value is -3.31. The van der Waals surface area contributed by atoms with Crippen molar-refractivity contribution >= 4 is 29.3 Å². The summed E-state index contributed by atoms with van der Waals surface area (Å²) in [5, 5.41) is 10.6. The SMILES string of the molecule is COC=C(C)C(=O)OC.CON=C(C)C(=O)OC.CON=C(C)C1=NOCCO1. The van der Waals surface area contributed by atoms with Crippen LogP contribution in [0.25, 0.3) is 0 Å². The number of rotatable bonds is 6. The molecule has 12 heteroatoms. The quantitative estimate of drug-likeness (QED) is 0.205. The molecule has 0 atom stereocenters. The largest absolute Gasteiger partial charge is 0.504 e. The van der Waals surface area contributed by atoms with Gasteiger partial charge in [0.2, 0.25) is 0 Å². The molecule has 0 amide bonds. The Kier molecular flexibility index (Phi) is 17.4. The second-order valence-electron chi connectivity index (χ2n) is 4.82. The van der Waals surface area contributed by atoms with Crippen molar-refractivity contribution in [2.75, 3.05) is 48.8 Å². The molecular formula is C17H29N3O9. The highest BCUT2D eigenvalue weighted by atomic mass is 16.7. The van der Waals surface area contributed by atoms with Gasteiger partial charge in [-0.05, 0) is 25.9 Å². The topological polar surface area (TPSA) is 136 Å². The molecule has 0 aromatic heterocycles. The van der Waals surface area contributed by atoms with E-state index in [2.05, 4.69) is 39.4 Å². The molecule has 0 aromatic rings. The number of hydrogen-bond donors (Lipinski definition) is 0. The second-order valence-corrected chi connectivity index (χ2v) is 4.82. The first-order chi connectivity index (χ1) is 13.8. The van der Waals surface area contributed by atoms with Gasteiger partial charge in [0.15, 0.2) is 12.3 Å². The minimum Gasteiger partial charge on any atom is -0.504 e. The first kappa shape index (κ1) is 27.9. The van der Waals surface area contributed by atoms with Gasteiger partial charge < -0.3 is 33.5 Å². The fourth-order valence-electron chi connectivity index (χ4n) is 1.36. The van der Waals surface area contributed by atoms with E-state index in [1.54, 1.807) is 13.8 Å². The lowest BCUT2D eigenvalue weighted by atomic mass is 10.3. The van der Waals surface area contributed by atoms with Gasteiger partial charge in [-0.2, -0.15) is 0 Å². The molecule has 166 valence electrons. The van der Waals surface area contributed by atoms with Crippen LogP contribution in [0.1, 0.15) is 20.8 Å². The van der Waals surface area contributed by atoms with Crippen LogP contribution in [-0.2, 0) is 43.0 Å². The molecule has 0 saturated carbocycles. The molecule has 0 bridgehead atoms. The van der Waals surface area contributed by atoms with Crippen molar-refractivity contribution in [1.29, 1.82) is 0 Å². The third kappa shape index (κ3) is 14.4. The van der Waals surface area contributed by atoms with Crippen molar-refractivity contribution in [2.24, 2.45) is 15.5 Å². The normalized spacial score (nSPS) is 13.5. The highest BCUT2D eigenvalue weighted by Gasteiger charge is 2.10. The monoisotopic (exact) mass is 419 g/mol. The van der Waals surface area contributed by atoms with Gasteiger partial charge in [-0.1, -0.05) is 10.3 Å². The van der Waals surface area contributed by atoms with E-state index in [4.69, 9.17) is 9.57 Å². The van der Waals surface area contributed by atoms with E-state index in [0.29, 0.717) is 30.4 Å². The van der Waals surface area contributed by atoms with Crippen LogP contribution in [0.5, 0.6) is 0 Å². The summed E-state index contributed by atoms with van der Waals surface area (Å²) < 4.78 is 18.4. The van der Waals surface area contributed by atoms with Crippen molar-refractivity contribution in [3.63, 3.8) is 0 Å². The lowest BCUT2D eigenvalue weighted by Crippen LogP contribution is -2.22. The number of carbonyl (C=O) groups excluding carboxylic acids is 2. The zero-order valence-electron chi connectivity index (χ0n) is 18.0. The molecule has 0 N–H and O–H groups in total. The zero-order valence-corrected chi connectivity index (χ0v) is 18.0. The van der Waals surface area contributed by atoms with Crippen molar-refractivity contribution in [3.8, 4) is 0 Å². The first-order valence-corrected chi connectivity index (χ1v) is 8.13. The summed E-state index contributed by atoms with van der Waals surface area (Å²) in [5.74, 6) is -0.452. The van der Waals surface area contributed by atoms with Gasteiger partial charge >= 0.3 is 11.9 Å². The molecule has 0 spiro atoms. The average Bonchev–Trinajstić information content (AvgIpc) is 2.74. The van der Waals surface area contributed by atoms with Crippen LogP contribution >= 0.6 is 0 Å². The highest BCUT2D eigenvalue weighted by molar-refractivity contribution is 6.37. The summed E-state index contributed by atoms with van der Waals surface area (Å²) in [5.41, 5.74) is 1.24. The number of carbonyl (C=O) groups is 2. The molecule has 0 aliphatic carbocycles. The maximum Gasteiger partial charge on any atom is 0.355 e. The van der Waals surface area contributed by atoms with E-state index in [-0.39, 0.29) is 11.7 Å². The Morgan fingerprint density at radius 1 is 0.931 bits per heavy atom. The Morgan fingerprint density at radius 2 is 1.52 bits per heavy atom. The number of ether oxygens (including phenoxy) is 4. The van der Waals surface area contributed by atoms with Crippen molar-refractivity contribution in [3.05, 3.63) is 11.8 Å². The summed E-state index contributed by atoms with van der Waals surface area (Å²) in [7, 11) is 6.93. The van der Waals surface area contributed by atoms with Crippen LogP contribution in [0.2, 0.25) is 0 Å². The highest BCUT2D eigenvalue weighted by Crippen LogP contribution is 1.96. The lowest BCUT2D eigenvalue weighted by molar-refractivity contribution is -0.136. The minimum absolute atomic E-state index is 0.208. The van der Waals surface area contributed by atoms with Crippen LogP contribution in [-0.4, -0.2) is 78.0 Å². The van der Waals surface area contributed by atoms with E-state index < -0.39 is 5.97 Å². The van der Waals surface area contributed by atoms with E-state index in [0.717, 1.165) is 0 Å². The van der Waals surface area contributed by atoms with Crippen LogP contribution in [0, 0.1) is 0 Å². The standard InChI is InChI=1S/C6H10N2O3.C6H10O3.C5H9NO3/c1-5(7-9-2)6-8-11-4-3-10-6;1-5(4-8-2)6(7)9-3;1-4(6-9-3)5(7)8-2/h3-4H2,1-2H3;4H,1-3H3;1-3H3. The molecule has 0 aromatic carbocycles. The van der Waals surface area contributed by atoms with Gasteiger partial charge in [0.1, 0.15) is 26.5 Å². The number of oxime groups is 3. The van der Waals surface area contributed by atoms with Crippen LogP contribution in [0.4, 0.5) is 0 Å². The van der Waals surface area contributed by atoms with Crippen LogP contribution in [0.15, 0.2) is 27.3 Å². The number of hydrogen-bond acceptors (Lipinski definition) is 12. The van der Waals surface area contributed by atoms with E-state index in [1.165, 1.54) is 48.7 Å². The number of nitrogens with zero attached hydrogens (tertiary/aromatic N) is 3. The predicted octanol–water partition coefficient (Wildman–Crippen LogP) is 1.26. The molecule has 0 saturated heterocycles. The van der Waals surface area contributed by atoms with E-state index in [1.807, 2.05) is 0 Å². The predicted molar refractivity (Wildman–Crippen MR) is 104 cm³/mol. The van der Waals surface area contributed by atoms with Crippen molar-refractivity contribution in [1.82, 2.24) is 0 Å². The molecule has 1 aliphatic rings. The van der Waals surface area contributed by atoms with E-state index in [9.17, 15) is 9.59 Å². The first-order valence-electron chi connectivity index (χ1n) is 8.13. The number of esters is 2. The third-order valence-corrected chi connectivity index (χ3v) is 2.61. The van der Waals surface area contributed by atoms with Gasteiger partial charge in [0, 0.05) is 0 Å². The molecular weight excluding hydrogens is 390 g/mol. The molecule has 0 radical (unpaired) electrons. The smallest absolute Gasteiger partial charge is 0.355 e. The maximum absolute atomic E-state index is 10.5. The molecule has 0 unspecified atom stereocenters. The molecule has 29 heavy (non-hydrogen) atoms. The summed E-state index contributed by atoms with van der Waals surface area (Å²) in [6.45, 7) is 5.86. The van der Waals surface area contributed by atoms with E-state index >= 15 is 0 Å². The van der Waals surface area contributed by atoms with Gasteiger partial charge in [-0.3, -0.25) is 0 Å². The molecule has 1 heterocycles. The molecule has 0 fully saturated rings. The van der Waals surface area contributed by atoms with Gasteiger partial charge in [0.25, 0.3) is 5.90 Å². The number of methoxy groups -OCH3 is 3. The fourth-order valence-corrected chi connectivity index (χ4v) is 1.36. The molecule has 12 nitrogen and oxygen atoms in total. The minimum atomic E-state index is -0.475. The summed E-state index contributed by atoms with van der Waals surface area (Å²) in [6.07, 6.45) is 1.34. The Labute approximate surface area is 170 Å². The lowest BCUT2D eigenvalue weighted by Gasteiger charge is -2.11. The van der Waals surface area contributed by atoms with Crippen molar-refractivity contribution < 1.29 is 43.0 Å². The van der Waals surface area contributed by atoms with Crippen LogP contribution < -0.4 is 0 Å².